The Balaban J connectivity index is 2.08. The van der Waals surface area contributed by atoms with E-state index in [2.05, 4.69) is 5.32 Å². The van der Waals surface area contributed by atoms with Gasteiger partial charge in [-0.2, -0.15) is 13.2 Å². The van der Waals surface area contributed by atoms with Crippen LogP contribution in [0.3, 0.4) is 0 Å². The van der Waals surface area contributed by atoms with Gasteiger partial charge in [0.05, 0.1) is 5.56 Å². The summed E-state index contributed by atoms with van der Waals surface area (Å²) in [6.07, 6.45) is -4.30. The monoisotopic (exact) mass is 294 g/mol. The molecule has 0 saturated heterocycles. The summed E-state index contributed by atoms with van der Waals surface area (Å²) in [4.78, 5) is 0. The van der Waals surface area contributed by atoms with Crippen molar-refractivity contribution in [2.24, 2.45) is 0 Å². The molecule has 0 amide bonds. The zero-order valence-electron chi connectivity index (χ0n) is 11.9. The highest BCUT2D eigenvalue weighted by Crippen LogP contribution is 2.30. The Bertz CT molecular complexity index is 631. The van der Waals surface area contributed by atoms with Crippen molar-refractivity contribution in [2.75, 3.05) is 11.1 Å². The van der Waals surface area contributed by atoms with Crippen molar-refractivity contribution >= 4 is 11.4 Å². The van der Waals surface area contributed by atoms with Crippen LogP contribution in [0.1, 0.15) is 22.3 Å². The number of halogens is 3. The smallest absolute Gasteiger partial charge is 0.399 e. The molecule has 0 radical (unpaired) electrons. The predicted octanol–water partition coefficient (Wildman–Crippen LogP) is 4.52. The first-order valence-electron chi connectivity index (χ1n) is 6.54. The van der Waals surface area contributed by atoms with Gasteiger partial charge in [0.1, 0.15) is 0 Å². The summed E-state index contributed by atoms with van der Waals surface area (Å²) in [6.45, 7) is 4.42. The second-order valence-electron chi connectivity index (χ2n) is 5.06. The molecule has 2 rings (SSSR count). The van der Waals surface area contributed by atoms with Gasteiger partial charge in [-0.1, -0.05) is 6.07 Å². The predicted molar refractivity (Wildman–Crippen MR) is 79.1 cm³/mol. The van der Waals surface area contributed by atoms with Crippen LogP contribution in [-0.2, 0) is 12.7 Å². The molecule has 2 aromatic carbocycles. The Morgan fingerprint density at radius 1 is 1.00 bits per heavy atom. The number of benzene rings is 2. The second kappa shape index (κ2) is 5.68. The molecule has 3 N–H and O–H groups in total. The minimum absolute atomic E-state index is 0.540. The quantitative estimate of drug-likeness (QED) is 0.817. The van der Waals surface area contributed by atoms with Gasteiger partial charge in [0.2, 0.25) is 0 Å². The Morgan fingerprint density at radius 3 is 2.19 bits per heavy atom. The maximum atomic E-state index is 12.5. The van der Waals surface area contributed by atoms with Gasteiger partial charge in [0, 0.05) is 17.9 Å². The molecule has 5 heteroatoms. The topological polar surface area (TPSA) is 38.0 Å². The fourth-order valence-corrected chi connectivity index (χ4v) is 2.06. The van der Waals surface area contributed by atoms with Gasteiger partial charge in [-0.25, -0.2) is 0 Å². The molecule has 0 bridgehead atoms. The summed E-state index contributed by atoms with van der Waals surface area (Å²) in [5, 5.41) is 3.12. The molecule has 2 nitrogen and oxygen atoms in total. The Hall–Kier alpha value is -2.17. The van der Waals surface area contributed by atoms with Crippen LogP contribution in [0, 0.1) is 13.8 Å². The average Bonchev–Trinajstić information content (AvgIpc) is 2.41. The van der Waals surface area contributed by atoms with Crippen LogP contribution in [0.5, 0.6) is 0 Å². The van der Waals surface area contributed by atoms with Crippen LogP contribution < -0.4 is 11.1 Å². The number of aryl methyl sites for hydroxylation is 2. The van der Waals surface area contributed by atoms with E-state index in [9.17, 15) is 13.2 Å². The van der Waals surface area contributed by atoms with Crippen LogP contribution >= 0.6 is 0 Å². The molecule has 2 aromatic rings. The Labute approximate surface area is 121 Å². The van der Waals surface area contributed by atoms with Crippen LogP contribution in [0.15, 0.2) is 36.4 Å². The zero-order chi connectivity index (χ0) is 15.6. The van der Waals surface area contributed by atoms with Crippen molar-refractivity contribution in [1.82, 2.24) is 0 Å². The highest BCUT2D eigenvalue weighted by atomic mass is 19.4. The molecule has 0 aliphatic heterocycles. The first-order chi connectivity index (χ1) is 9.77. The third kappa shape index (κ3) is 3.68. The van der Waals surface area contributed by atoms with E-state index in [0.717, 1.165) is 34.5 Å². The van der Waals surface area contributed by atoms with Gasteiger partial charge in [0.25, 0.3) is 0 Å². The zero-order valence-corrected chi connectivity index (χ0v) is 11.9. The molecule has 0 unspecified atom stereocenters. The van der Waals surface area contributed by atoms with E-state index in [-0.39, 0.29) is 0 Å². The number of nitrogens with two attached hydrogens (primary N) is 1. The number of nitrogens with one attached hydrogen (secondary N) is 1. The van der Waals surface area contributed by atoms with Crippen LogP contribution in [0.25, 0.3) is 0 Å². The lowest BCUT2D eigenvalue weighted by Gasteiger charge is -2.12. The van der Waals surface area contributed by atoms with Gasteiger partial charge in [-0.05, 0) is 60.9 Å². The fourth-order valence-electron chi connectivity index (χ4n) is 2.06. The minimum atomic E-state index is -4.30. The van der Waals surface area contributed by atoms with E-state index < -0.39 is 11.7 Å². The van der Waals surface area contributed by atoms with E-state index in [4.69, 9.17) is 5.73 Å². The fraction of sp³-hybridized carbons (Fsp3) is 0.250. The van der Waals surface area contributed by atoms with E-state index in [1.165, 1.54) is 12.1 Å². The molecule has 21 heavy (non-hydrogen) atoms. The molecular formula is C16H17F3N2. The lowest BCUT2D eigenvalue weighted by molar-refractivity contribution is -0.137. The summed E-state index contributed by atoms with van der Waals surface area (Å²) in [5.74, 6) is 0. The molecule has 0 aromatic heterocycles. The number of rotatable bonds is 3. The van der Waals surface area contributed by atoms with Gasteiger partial charge >= 0.3 is 6.18 Å². The van der Waals surface area contributed by atoms with E-state index in [1.54, 1.807) is 0 Å². The summed E-state index contributed by atoms with van der Waals surface area (Å²) in [7, 11) is 0. The number of hydrogen-bond acceptors (Lipinski definition) is 2. The molecule has 0 aliphatic rings. The maximum absolute atomic E-state index is 12.5. The van der Waals surface area contributed by atoms with Crippen molar-refractivity contribution < 1.29 is 13.2 Å². The second-order valence-corrected chi connectivity index (χ2v) is 5.06. The summed E-state index contributed by atoms with van der Waals surface area (Å²) < 4.78 is 37.4. The SMILES string of the molecule is Cc1cc(CNc2ccc(C(F)(F)F)cc2)c(C)cc1N. The normalized spacial score (nSPS) is 11.5. The summed E-state index contributed by atoms with van der Waals surface area (Å²) in [5.41, 5.74) is 9.69. The highest BCUT2D eigenvalue weighted by molar-refractivity contribution is 5.52. The van der Waals surface area contributed by atoms with Crippen molar-refractivity contribution in [1.29, 1.82) is 0 Å². The third-order valence-corrected chi connectivity index (χ3v) is 3.42. The highest BCUT2D eigenvalue weighted by Gasteiger charge is 2.29. The van der Waals surface area contributed by atoms with Crippen LogP contribution in [-0.4, -0.2) is 0 Å². The molecule has 0 saturated carbocycles. The summed E-state index contributed by atoms with van der Waals surface area (Å²) >= 11 is 0. The molecule has 0 fully saturated rings. The number of nitrogen functional groups attached to an aromatic ring is 1. The Morgan fingerprint density at radius 2 is 1.62 bits per heavy atom. The largest absolute Gasteiger partial charge is 0.416 e. The molecule has 0 spiro atoms. The van der Waals surface area contributed by atoms with Crippen molar-refractivity contribution in [2.45, 2.75) is 26.6 Å². The molecule has 0 heterocycles. The molecule has 0 atom stereocenters. The van der Waals surface area contributed by atoms with Crippen molar-refractivity contribution in [3.63, 3.8) is 0 Å². The molecule has 112 valence electrons. The van der Waals surface area contributed by atoms with Crippen molar-refractivity contribution in [3.05, 3.63) is 58.7 Å². The van der Waals surface area contributed by atoms with Gasteiger partial charge in [-0.15, -0.1) is 0 Å². The average molecular weight is 294 g/mol. The first kappa shape index (κ1) is 15.2. The van der Waals surface area contributed by atoms with E-state index in [1.807, 2.05) is 26.0 Å². The summed E-state index contributed by atoms with van der Waals surface area (Å²) in [6, 6.07) is 8.90. The maximum Gasteiger partial charge on any atom is 0.416 e. The standard InChI is InChI=1S/C16H17F3N2/c1-10-8-15(20)11(2)7-12(10)9-21-14-5-3-13(4-6-14)16(17,18)19/h3-8,21H,9,20H2,1-2H3. The Kier molecular flexibility index (Phi) is 4.11. The van der Waals surface area contributed by atoms with Crippen LogP contribution in [0.2, 0.25) is 0 Å². The van der Waals surface area contributed by atoms with Crippen molar-refractivity contribution in [3.8, 4) is 0 Å². The number of hydrogen-bond donors (Lipinski definition) is 2. The van der Waals surface area contributed by atoms with Gasteiger partial charge < -0.3 is 11.1 Å². The number of anilines is 2. The number of alkyl halides is 3. The first-order valence-corrected chi connectivity index (χ1v) is 6.54. The van der Waals surface area contributed by atoms with E-state index in [0.29, 0.717) is 12.2 Å². The third-order valence-electron chi connectivity index (χ3n) is 3.42. The minimum Gasteiger partial charge on any atom is -0.399 e. The van der Waals surface area contributed by atoms with Crippen LogP contribution in [0.4, 0.5) is 24.5 Å². The lowest BCUT2D eigenvalue weighted by atomic mass is 10.0. The lowest BCUT2D eigenvalue weighted by Crippen LogP contribution is -2.06. The molecular weight excluding hydrogens is 277 g/mol. The molecule has 0 aliphatic carbocycles. The van der Waals surface area contributed by atoms with Gasteiger partial charge in [0.15, 0.2) is 0 Å². The van der Waals surface area contributed by atoms with E-state index >= 15 is 0 Å². The van der Waals surface area contributed by atoms with Gasteiger partial charge in [-0.3, -0.25) is 0 Å².